The summed E-state index contributed by atoms with van der Waals surface area (Å²) in [6, 6.07) is 6.51. The summed E-state index contributed by atoms with van der Waals surface area (Å²) in [4.78, 5) is 13.8. The third-order valence-electron chi connectivity index (χ3n) is 4.79. The molecule has 0 N–H and O–H groups in total. The highest BCUT2D eigenvalue weighted by Gasteiger charge is 2.62. The van der Waals surface area contributed by atoms with E-state index in [1.54, 1.807) is 24.1 Å². The maximum Gasteiger partial charge on any atom is 0.410 e. The lowest BCUT2D eigenvalue weighted by molar-refractivity contribution is -0.205. The average Bonchev–Trinajstić information content (AvgIpc) is 2.36. The molecule has 2 fully saturated rings. The second-order valence-electron chi connectivity index (χ2n) is 7.90. The van der Waals surface area contributed by atoms with Crippen LogP contribution in [0.1, 0.15) is 39.2 Å². The summed E-state index contributed by atoms with van der Waals surface area (Å²) in [5, 5.41) is 0. The Kier molecular flexibility index (Phi) is 3.67. The molecule has 1 aliphatic heterocycles. The van der Waals surface area contributed by atoms with Gasteiger partial charge in [-0.05, 0) is 51.3 Å². The number of amides is 1. The van der Waals surface area contributed by atoms with Crippen LogP contribution < -0.4 is 0 Å². The number of benzene rings is 1. The molecule has 1 aliphatic carbocycles. The van der Waals surface area contributed by atoms with Crippen molar-refractivity contribution in [3.8, 4) is 0 Å². The fourth-order valence-electron chi connectivity index (χ4n) is 3.82. The number of nitrogens with zero attached hydrogens (tertiary/aromatic N) is 1. The van der Waals surface area contributed by atoms with Gasteiger partial charge in [0, 0.05) is 25.6 Å². The quantitative estimate of drug-likeness (QED) is 0.834. The van der Waals surface area contributed by atoms with E-state index in [0.29, 0.717) is 13.1 Å². The van der Waals surface area contributed by atoms with Crippen LogP contribution in [0.5, 0.6) is 0 Å². The second-order valence-corrected chi connectivity index (χ2v) is 7.90. The summed E-state index contributed by atoms with van der Waals surface area (Å²) in [7, 11) is 1.69. The van der Waals surface area contributed by atoms with Crippen LogP contribution in [-0.2, 0) is 15.1 Å². The topological polar surface area (TPSA) is 38.8 Å². The molecule has 1 aromatic carbocycles. The van der Waals surface area contributed by atoms with Crippen molar-refractivity contribution in [2.45, 2.75) is 44.8 Å². The Morgan fingerprint density at radius 1 is 1.17 bits per heavy atom. The second kappa shape index (κ2) is 5.20. The fourth-order valence-corrected chi connectivity index (χ4v) is 3.82. The van der Waals surface area contributed by atoms with E-state index in [4.69, 9.17) is 9.47 Å². The van der Waals surface area contributed by atoms with E-state index < -0.39 is 5.60 Å². The molecular formula is C18H24FNO3. The Morgan fingerprint density at radius 3 is 2.22 bits per heavy atom. The number of carbonyl (C=O) groups is 1. The molecule has 0 bridgehead atoms. The van der Waals surface area contributed by atoms with Crippen molar-refractivity contribution >= 4 is 6.09 Å². The van der Waals surface area contributed by atoms with Crippen LogP contribution >= 0.6 is 0 Å². The van der Waals surface area contributed by atoms with Crippen LogP contribution in [-0.4, -0.2) is 36.8 Å². The van der Waals surface area contributed by atoms with Crippen LogP contribution in [0.2, 0.25) is 0 Å². The zero-order chi connectivity index (χ0) is 16.9. The van der Waals surface area contributed by atoms with Crippen molar-refractivity contribution in [1.82, 2.24) is 4.90 Å². The normalized spacial score (nSPS) is 21.5. The van der Waals surface area contributed by atoms with E-state index in [1.807, 2.05) is 20.8 Å². The van der Waals surface area contributed by atoms with E-state index in [1.165, 1.54) is 12.1 Å². The predicted octanol–water partition coefficient (Wildman–Crippen LogP) is 3.70. The van der Waals surface area contributed by atoms with Crippen LogP contribution in [0.15, 0.2) is 24.3 Å². The van der Waals surface area contributed by atoms with Gasteiger partial charge >= 0.3 is 6.09 Å². The maximum absolute atomic E-state index is 13.1. The molecule has 0 radical (unpaired) electrons. The SMILES string of the molecule is COC1(c2ccc(F)cc2)CC2(CN(C(=O)OC(C)(C)C)C2)C1. The minimum Gasteiger partial charge on any atom is -0.444 e. The largest absolute Gasteiger partial charge is 0.444 e. The van der Waals surface area contributed by atoms with E-state index in [9.17, 15) is 9.18 Å². The van der Waals surface area contributed by atoms with Gasteiger partial charge in [0.15, 0.2) is 0 Å². The minimum absolute atomic E-state index is 0.112. The zero-order valence-corrected chi connectivity index (χ0v) is 14.2. The number of rotatable bonds is 2. The molecule has 0 aromatic heterocycles. The first kappa shape index (κ1) is 16.2. The van der Waals surface area contributed by atoms with Gasteiger partial charge in [0.05, 0.1) is 5.60 Å². The first-order valence-electron chi connectivity index (χ1n) is 7.96. The first-order valence-corrected chi connectivity index (χ1v) is 7.96. The lowest BCUT2D eigenvalue weighted by Crippen LogP contribution is -2.68. The highest BCUT2D eigenvalue weighted by Crippen LogP contribution is 2.60. The Morgan fingerprint density at radius 2 is 1.74 bits per heavy atom. The molecule has 1 saturated carbocycles. The third-order valence-corrected chi connectivity index (χ3v) is 4.79. The highest BCUT2D eigenvalue weighted by molar-refractivity contribution is 5.69. The summed E-state index contributed by atoms with van der Waals surface area (Å²) in [6.45, 7) is 7.01. The van der Waals surface area contributed by atoms with E-state index >= 15 is 0 Å². The zero-order valence-electron chi connectivity index (χ0n) is 14.2. The lowest BCUT2D eigenvalue weighted by Gasteiger charge is -2.63. The summed E-state index contributed by atoms with van der Waals surface area (Å²) in [5.74, 6) is -0.242. The smallest absolute Gasteiger partial charge is 0.410 e. The molecule has 1 amide bonds. The molecule has 1 heterocycles. The highest BCUT2D eigenvalue weighted by atomic mass is 19.1. The van der Waals surface area contributed by atoms with Gasteiger partial charge in [-0.15, -0.1) is 0 Å². The molecule has 4 nitrogen and oxygen atoms in total. The minimum atomic E-state index is -0.468. The monoisotopic (exact) mass is 321 g/mol. The van der Waals surface area contributed by atoms with Crippen LogP contribution in [0.4, 0.5) is 9.18 Å². The van der Waals surface area contributed by atoms with Gasteiger partial charge < -0.3 is 14.4 Å². The van der Waals surface area contributed by atoms with Gasteiger partial charge in [-0.25, -0.2) is 9.18 Å². The number of likely N-dealkylation sites (tertiary alicyclic amines) is 1. The number of carbonyl (C=O) groups excluding carboxylic acids is 1. The Balaban J connectivity index is 1.60. The van der Waals surface area contributed by atoms with Crippen LogP contribution in [0.25, 0.3) is 0 Å². The molecule has 1 aromatic rings. The summed E-state index contributed by atoms with van der Waals surface area (Å²) < 4.78 is 24.3. The molecule has 0 unspecified atom stereocenters. The molecule has 3 rings (SSSR count). The molecule has 23 heavy (non-hydrogen) atoms. The van der Waals surface area contributed by atoms with Gasteiger partial charge in [0.2, 0.25) is 0 Å². The number of hydrogen-bond donors (Lipinski definition) is 0. The first-order chi connectivity index (χ1) is 10.7. The Hall–Kier alpha value is -1.62. The lowest BCUT2D eigenvalue weighted by atomic mass is 9.53. The Labute approximate surface area is 136 Å². The Bertz CT molecular complexity index is 592. The van der Waals surface area contributed by atoms with E-state index in [0.717, 1.165) is 18.4 Å². The van der Waals surface area contributed by atoms with E-state index in [2.05, 4.69) is 0 Å². The van der Waals surface area contributed by atoms with Crippen LogP contribution in [0.3, 0.4) is 0 Å². The van der Waals surface area contributed by atoms with E-state index in [-0.39, 0.29) is 22.9 Å². The molecular weight excluding hydrogens is 297 g/mol. The van der Waals surface area contributed by atoms with Crippen molar-refractivity contribution in [3.05, 3.63) is 35.6 Å². The van der Waals surface area contributed by atoms with Crippen molar-refractivity contribution in [2.24, 2.45) is 5.41 Å². The fraction of sp³-hybridized carbons (Fsp3) is 0.611. The van der Waals surface area contributed by atoms with Gasteiger partial charge in [-0.1, -0.05) is 12.1 Å². The number of ether oxygens (including phenoxy) is 2. The number of halogens is 1. The van der Waals surface area contributed by atoms with Crippen molar-refractivity contribution in [3.63, 3.8) is 0 Å². The van der Waals surface area contributed by atoms with Gasteiger partial charge in [-0.3, -0.25) is 0 Å². The molecule has 1 spiro atoms. The number of hydrogen-bond acceptors (Lipinski definition) is 3. The molecule has 0 atom stereocenters. The van der Waals surface area contributed by atoms with Crippen molar-refractivity contribution < 1.29 is 18.7 Å². The molecule has 126 valence electrons. The van der Waals surface area contributed by atoms with Crippen molar-refractivity contribution in [2.75, 3.05) is 20.2 Å². The van der Waals surface area contributed by atoms with Gasteiger partial charge in [0.25, 0.3) is 0 Å². The molecule has 1 saturated heterocycles. The average molecular weight is 321 g/mol. The molecule has 5 heteroatoms. The standard InChI is InChI=1S/C18H24FNO3/c1-16(2,3)23-15(21)20-11-17(12-20)9-18(10-17,22-4)13-5-7-14(19)8-6-13/h5-8H,9-12H2,1-4H3. The summed E-state index contributed by atoms with van der Waals surface area (Å²) in [5.41, 5.74) is 0.293. The van der Waals surface area contributed by atoms with Gasteiger partial charge in [-0.2, -0.15) is 0 Å². The molecule has 2 aliphatic rings. The summed E-state index contributed by atoms with van der Waals surface area (Å²) >= 11 is 0. The number of methoxy groups -OCH3 is 1. The maximum atomic E-state index is 13.1. The van der Waals surface area contributed by atoms with Crippen molar-refractivity contribution in [1.29, 1.82) is 0 Å². The van der Waals surface area contributed by atoms with Gasteiger partial charge in [0.1, 0.15) is 11.4 Å². The van der Waals surface area contributed by atoms with Crippen LogP contribution in [0, 0.1) is 11.2 Å². The summed E-state index contributed by atoms with van der Waals surface area (Å²) in [6.07, 6.45) is 1.45. The third kappa shape index (κ3) is 2.94. The predicted molar refractivity (Wildman–Crippen MR) is 84.6 cm³/mol.